The van der Waals surface area contributed by atoms with E-state index >= 15 is 0 Å². The van der Waals surface area contributed by atoms with Gasteiger partial charge in [0.15, 0.2) is 0 Å². The van der Waals surface area contributed by atoms with Gasteiger partial charge in [-0.25, -0.2) is 9.95 Å². The number of hydroxylamine groups is 1. The van der Waals surface area contributed by atoms with Crippen LogP contribution in [0.15, 0.2) is 97.1 Å². The highest BCUT2D eigenvalue weighted by atomic mass is 17.3. The Morgan fingerprint density at radius 1 is 0.556 bits per heavy atom. The molecule has 36 heavy (non-hydrogen) atoms. The smallest absolute Gasteiger partial charge is 0.0848 e. The fraction of sp³-hybridized carbons (Fsp3) is 0.250. The molecular weight excluding hydrogens is 444 g/mol. The van der Waals surface area contributed by atoms with Crippen LogP contribution in [0, 0.1) is 13.8 Å². The van der Waals surface area contributed by atoms with Crippen molar-refractivity contribution in [3.63, 3.8) is 0 Å². The Kier molecular flexibility index (Phi) is 8.77. The van der Waals surface area contributed by atoms with Gasteiger partial charge in [0.05, 0.1) is 12.3 Å². The summed E-state index contributed by atoms with van der Waals surface area (Å²) in [7, 11) is 1.86. The maximum absolute atomic E-state index is 5.39. The normalized spacial score (nSPS) is 10.9. The molecule has 0 aliphatic heterocycles. The summed E-state index contributed by atoms with van der Waals surface area (Å²) in [6, 6.07) is 34.4. The van der Waals surface area contributed by atoms with Crippen molar-refractivity contribution in [3.8, 4) is 11.1 Å². The number of hydrogen-bond donors (Lipinski definition) is 0. The summed E-state index contributed by atoms with van der Waals surface area (Å²) < 4.78 is 0. The number of hydrogen-bond acceptors (Lipinski definition) is 4. The number of nitrogens with zero attached hydrogens (tertiary/aromatic N) is 2. The molecule has 0 aromatic heterocycles. The third-order valence-electron chi connectivity index (χ3n) is 6.27. The molecule has 0 saturated heterocycles. The molecule has 0 saturated carbocycles. The maximum Gasteiger partial charge on any atom is 0.0848 e. The van der Waals surface area contributed by atoms with Gasteiger partial charge in [-0.1, -0.05) is 79.4 Å². The first kappa shape index (κ1) is 25.5. The van der Waals surface area contributed by atoms with Crippen LogP contribution >= 0.6 is 0 Å². The van der Waals surface area contributed by atoms with E-state index < -0.39 is 0 Å². The minimum absolute atomic E-state index is 0.602. The lowest BCUT2D eigenvalue weighted by Crippen LogP contribution is -2.18. The van der Waals surface area contributed by atoms with Crippen molar-refractivity contribution in [1.82, 2.24) is 0 Å². The molecule has 4 rings (SSSR count). The third kappa shape index (κ3) is 6.54. The van der Waals surface area contributed by atoms with E-state index in [-0.39, 0.29) is 0 Å². The van der Waals surface area contributed by atoms with Crippen LogP contribution in [0.5, 0.6) is 0 Å². The highest BCUT2D eigenvalue weighted by Gasteiger charge is 2.13. The molecule has 0 fully saturated rings. The van der Waals surface area contributed by atoms with Gasteiger partial charge in [-0.2, -0.15) is 0 Å². The molecule has 4 aromatic rings. The SMILES string of the molecule is CCCCCOON(C)c1ccc(-c2ccc(N(c3ccc(C)cc3)c3ccc(C)cc3)cc2)cc1. The van der Waals surface area contributed by atoms with Crippen LogP contribution < -0.4 is 9.96 Å². The average Bonchev–Trinajstić information content (AvgIpc) is 2.91. The summed E-state index contributed by atoms with van der Waals surface area (Å²) in [5, 5.41) is 1.65. The van der Waals surface area contributed by atoms with Crippen molar-refractivity contribution in [2.45, 2.75) is 40.0 Å². The molecule has 0 atom stereocenters. The van der Waals surface area contributed by atoms with E-state index in [0.717, 1.165) is 53.1 Å². The predicted molar refractivity (Wildman–Crippen MR) is 151 cm³/mol. The second-order valence-electron chi connectivity index (χ2n) is 9.20. The van der Waals surface area contributed by atoms with Crippen molar-refractivity contribution < 1.29 is 9.88 Å². The van der Waals surface area contributed by atoms with Crippen LogP contribution in [0.25, 0.3) is 11.1 Å². The maximum atomic E-state index is 5.39. The number of aryl methyl sites for hydroxylation is 2. The zero-order valence-corrected chi connectivity index (χ0v) is 21.8. The quantitative estimate of drug-likeness (QED) is 0.121. The van der Waals surface area contributed by atoms with E-state index in [4.69, 9.17) is 9.88 Å². The number of rotatable bonds is 11. The van der Waals surface area contributed by atoms with Crippen molar-refractivity contribution >= 4 is 22.7 Å². The molecule has 0 amide bonds. The summed E-state index contributed by atoms with van der Waals surface area (Å²) >= 11 is 0. The third-order valence-corrected chi connectivity index (χ3v) is 6.27. The summed E-state index contributed by atoms with van der Waals surface area (Å²) in [5.74, 6) is 0. The van der Waals surface area contributed by atoms with Crippen LogP contribution in [-0.4, -0.2) is 13.7 Å². The van der Waals surface area contributed by atoms with E-state index in [0.29, 0.717) is 6.61 Å². The summed E-state index contributed by atoms with van der Waals surface area (Å²) in [6.45, 7) is 7.01. The van der Waals surface area contributed by atoms with Gasteiger partial charge in [0.1, 0.15) is 0 Å². The first-order valence-electron chi connectivity index (χ1n) is 12.7. The van der Waals surface area contributed by atoms with Crippen molar-refractivity contribution in [1.29, 1.82) is 0 Å². The zero-order valence-electron chi connectivity index (χ0n) is 21.8. The molecule has 0 spiro atoms. The van der Waals surface area contributed by atoms with Crippen molar-refractivity contribution in [2.24, 2.45) is 0 Å². The van der Waals surface area contributed by atoms with Gasteiger partial charge < -0.3 is 4.90 Å². The Bertz CT molecular complexity index is 1160. The van der Waals surface area contributed by atoms with Gasteiger partial charge in [-0.15, -0.1) is 4.99 Å². The Balaban J connectivity index is 1.50. The van der Waals surface area contributed by atoms with Crippen molar-refractivity contribution in [2.75, 3.05) is 23.6 Å². The number of benzene rings is 4. The van der Waals surface area contributed by atoms with Crippen LogP contribution in [0.3, 0.4) is 0 Å². The van der Waals surface area contributed by atoms with E-state index in [2.05, 4.69) is 111 Å². The molecular formula is C32H36N2O2. The lowest BCUT2D eigenvalue weighted by atomic mass is 10.0. The summed E-state index contributed by atoms with van der Waals surface area (Å²) in [6.07, 6.45) is 3.32. The van der Waals surface area contributed by atoms with E-state index in [1.165, 1.54) is 11.1 Å². The van der Waals surface area contributed by atoms with Crippen LogP contribution in [-0.2, 0) is 9.88 Å². The molecule has 0 N–H and O–H groups in total. The molecule has 4 aromatic carbocycles. The average molecular weight is 481 g/mol. The predicted octanol–water partition coefficient (Wildman–Crippen LogP) is 8.93. The molecule has 4 nitrogen and oxygen atoms in total. The fourth-order valence-electron chi connectivity index (χ4n) is 4.07. The number of unbranched alkanes of at least 4 members (excludes halogenated alkanes) is 2. The molecule has 4 heteroatoms. The fourth-order valence-corrected chi connectivity index (χ4v) is 4.07. The summed E-state index contributed by atoms with van der Waals surface area (Å²) in [4.78, 5) is 13.0. The number of anilines is 4. The molecule has 0 heterocycles. The van der Waals surface area contributed by atoms with E-state index in [9.17, 15) is 0 Å². The molecule has 186 valence electrons. The lowest BCUT2D eigenvalue weighted by Gasteiger charge is -2.26. The van der Waals surface area contributed by atoms with E-state index in [1.807, 2.05) is 19.2 Å². The van der Waals surface area contributed by atoms with E-state index in [1.54, 1.807) is 5.06 Å². The summed E-state index contributed by atoms with van der Waals surface area (Å²) in [5.41, 5.74) is 9.16. The lowest BCUT2D eigenvalue weighted by molar-refractivity contribution is -0.301. The van der Waals surface area contributed by atoms with Gasteiger partial charge in [-0.05, 0) is 79.9 Å². The molecule has 0 aliphatic rings. The topological polar surface area (TPSA) is 24.9 Å². The van der Waals surface area contributed by atoms with Gasteiger partial charge in [-0.3, -0.25) is 0 Å². The van der Waals surface area contributed by atoms with Gasteiger partial charge >= 0.3 is 0 Å². The zero-order chi connectivity index (χ0) is 25.3. The second kappa shape index (κ2) is 12.4. The highest BCUT2D eigenvalue weighted by Crippen LogP contribution is 2.36. The van der Waals surface area contributed by atoms with Gasteiger partial charge in [0, 0.05) is 24.1 Å². The Hall–Kier alpha value is -3.60. The van der Waals surface area contributed by atoms with Crippen molar-refractivity contribution in [3.05, 3.63) is 108 Å². The minimum atomic E-state index is 0.602. The Morgan fingerprint density at radius 2 is 0.972 bits per heavy atom. The largest absolute Gasteiger partial charge is 0.311 e. The molecule has 0 radical (unpaired) electrons. The van der Waals surface area contributed by atoms with Crippen LogP contribution in [0.1, 0.15) is 37.3 Å². The Morgan fingerprint density at radius 3 is 1.42 bits per heavy atom. The Labute approximate surface area is 215 Å². The highest BCUT2D eigenvalue weighted by molar-refractivity contribution is 5.78. The minimum Gasteiger partial charge on any atom is -0.311 e. The standard InChI is InChI=1S/C32H36N2O2/c1-5-6-7-24-35-36-33(4)29-20-12-27(13-21-29)28-14-22-32(23-15-28)34(30-16-8-25(2)9-17-30)31-18-10-26(3)11-19-31/h8-23H,5-7,24H2,1-4H3. The first-order valence-corrected chi connectivity index (χ1v) is 12.7. The molecule has 0 bridgehead atoms. The molecule has 0 aliphatic carbocycles. The molecule has 0 unspecified atom stereocenters. The monoisotopic (exact) mass is 480 g/mol. The van der Waals surface area contributed by atoms with Crippen LogP contribution in [0.2, 0.25) is 0 Å². The van der Waals surface area contributed by atoms with Crippen LogP contribution in [0.4, 0.5) is 22.7 Å². The van der Waals surface area contributed by atoms with Gasteiger partial charge in [0.25, 0.3) is 0 Å². The second-order valence-corrected chi connectivity index (χ2v) is 9.20. The first-order chi connectivity index (χ1) is 17.5. The van der Waals surface area contributed by atoms with Gasteiger partial charge in [0.2, 0.25) is 0 Å².